The molecule has 0 spiro atoms. The largest absolute Gasteiger partial charge is 0.393 e. The fourth-order valence-electron chi connectivity index (χ4n) is 1.45. The van der Waals surface area contributed by atoms with E-state index in [1.165, 1.54) is 0 Å². The van der Waals surface area contributed by atoms with Crippen molar-refractivity contribution in [2.45, 2.75) is 26.3 Å². The summed E-state index contributed by atoms with van der Waals surface area (Å²) in [5, 5.41) is 6.79. The summed E-state index contributed by atoms with van der Waals surface area (Å²) in [5.74, 6) is 0.00422. The molecule has 7 heteroatoms. The summed E-state index contributed by atoms with van der Waals surface area (Å²) in [7, 11) is 1.77. The van der Waals surface area contributed by atoms with E-state index < -0.39 is 5.92 Å². The highest BCUT2D eigenvalue weighted by molar-refractivity contribution is 7.80. The molecule has 1 rings (SSSR count). The molecule has 94 valence electrons. The first-order valence-corrected chi connectivity index (χ1v) is 5.87. The van der Waals surface area contributed by atoms with Gasteiger partial charge in [-0.2, -0.15) is 5.10 Å². The number of nitrogens with zero attached hydrogens (tertiary/aromatic N) is 3. The number of carbonyl (C=O) groups is 1. The van der Waals surface area contributed by atoms with Gasteiger partial charge in [0.05, 0.1) is 17.5 Å². The third-order valence-corrected chi connectivity index (χ3v) is 2.59. The number of hydrogen-bond acceptors (Lipinski definition) is 4. The zero-order chi connectivity index (χ0) is 12.8. The Morgan fingerprint density at radius 2 is 2.41 bits per heavy atom. The molecule has 1 aromatic rings. The van der Waals surface area contributed by atoms with Crippen molar-refractivity contribution in [3.8, 4) is 0 Å². The monoisotopic (exact) mass is 255 g/mol. The van der Waals surface area contributed by atoms with E-state index in [2.05, 4.69) is 15.4 Å². The number of amides is 1. The van der Waals surface area contributed by atoms with Crippen molar-refractivity contribution < 1.29 is 4.79 Å². The molecule has 6 nitrogen and oxygen atoms in total. The van der Waals surface area contributed by atoms with Crippen LogP contribution in [0.4, 0.5) is 0 Å². The summed E-state index contributed by atoms with van der Waals surface area (Å²) >= 11 is 4.88. The third-order valence-electron chi connectivity index (χ3n) is 2.31. The Bertz CT molecular complexity index is 403. The molecule has 0 aliphatic carbocycles. The maximum atomic E-state index is 11.8. The molecule has 0 aliphatic heterocycles. The van der Waals surface area contributed by atoms with Gasteiger partial charge in [-0.05, 0) is 6.42 Å². The summed E-state index contributed by atoms with van der Waals surface area (Å²) in [5.41, 5.74) is 5.53. The average molecular weight is 255 g/mol. The molecule has 1 amide bonds. The molecule has 1 aromatic heterocycles. The lowest BCUT2D eigenvalue weighted by Crippen LogP contribution is -2.37. The molecular formula is C10H17N5OS. The lowest BCUT2D eigenvalue weighted by atomic mass is 10.0. The highest BCUT2D eigenvalue weighted by Crippen LogP contribution is 2.07. The Kier molecular flexibility index (Phi) is 5.02. The molecule has 0 radical (unpaired) electrons. The summed E-state index contributed by atoms with van der Waals surface area (Å²) in [6.07, 6.45) is 3.10. The van der Waals surface area contributed by atoms with Crippen LogP contribution in [0.1, 0.15) is 25.6 Å². The van der Waals surface area contributed by atoms with Crippen molar-refractivity contribution in [3.63, 3.8) is 0 Å². The quantitative estimate of drug-likeness (QED) is 0.706. The molecule has 0 aliphatic rings. The molecule has 1 unspecified atom stereocenters. The third kappa shape index (κ3) is 4.10. The molecule has 0 fully saturated rings. The van der Waals surface area contributed by atoms with Crippen LogP contribution >= 0.6 is 12.2 Å². The standard InChI is InChI=1S/C10H17N5OS/c1-3-4-7(9(11)17)10(16)12-5-8-13-6-15(2)14-8/h6-7H,3-5H2,1-2H3,(H2,11,17)(H,12,16). The van der Waals surface area contributed by atoms with Crippen LogP contribution in [0.5, 0.6) is 0 Å². The molecule has 0 aromatic carbocycles. The molecular weight excluding hydrogens is 238 g/mol. The van der Waals surface area contributed by atoms with Crippen LogP contribution in [0.2, 0.25) is 0 Å². The molecule has 0 saturated heterocycles. The van der Waals surface area contributed by atoms with E-state index in [-0.39, 0.29) is 10.9 Å². The lowest BCUT2D eigenvalue weighted by Gasteiger charge is -2.13. The van der Waals surface area contributed by atoms with E-state index in [9.17, 15) is 4.79 Å². The van der Waals surface area contributed by atoms with Crippen molar-refractivity contribution in [1.82, 2.24) is 20.1 Å². The van der Waals surface area contributed by atoms with Gasteiger partial charge in [0.1, 0.15) is 6.33 Å². The van der Waals surface area contributed by atoms with Crippen LogP contribution in [0.25, 0.3) is 0 Å². The lowest BCUT2D eigenvalue weighted by molar-refractivity contribution is -0.123. The molecule has 17 heavy (non-hydrogen) atoms. The molecule has 3 N–H and O–H groups in total. The van der Waals surface area contributed by atoms with Crippen molar-refractivity contribution in [2.24, 2.45) is 18.7 Å². The number of thiocarbonyl (C=S) groups is 1. The second kappa shape index (κ2) is 6.29. The van der Waals surface area contributed by atoms with Gasteiger partial charge in [-0.25, -0.2) is 4.98 Å². The number of rotatable bonds is 6. The average Bonchev–Trinajstić information content (AvgIpc) is 2.68. The van der Waals surface area contributed by atoms with Gasteiger partial charge in [0.2, 0.25) is 5.91 Å². The minimum absolute atomic E-state index is 0.160. The van der Waals surface area contributed by atoms with Gasteiger partial charge in [0.25, 0.3) is 0 Å². The highest BCUT2D eigenvalue weighted by atomic mass is 32.1. The van der Waals surface area contributed by atoms with Gasteiger partial charge in [-0.1, -0.05) is 25.6 Å². The number of nitrogens with two attached hydrogens (primary N) is 1. The molecule has 0 saturated carbocycles. The summed E-state index contributed by atoms with van der Waals surface area (Å²) in [4.78, 5) is 16.1. The molecule has 1 atom stereocenters. The van der Waals surface area contributed by atoms with Crippen LogP contribution in [0, 0.1) is 5.92 Å². The number of aryl methyl sites for hydroxylation is 1. The second-order valence-corrected chi connectivity index (χ2v) is 4.27. The highest BCUT2D eigenvalue weighted by Gasteiger charge is 2.20. The Hall–Kier alpha value is -1.50. The van der Waals surface area contributed by atoms with Crippen LogP contribution in [0.3, 0.4) is 0 Å². The summed E-state index contributed by atoms with van der Waals surface area (Å²) < 4.78 is 1.58. The van der Waals surface area contributed by atoms with Crippen molar-refractivity contribution in [1.29, 1.82) is 0 Å². The van der Waals surface area contributed by atoms with Gasteiger partial charge in [-0.15, -0.1) is 0 Å². The zero-order valence-corrected chi connectivity index (χ0v) is 10.8. The maximum absolute atomic E-state index is 11.8. The Labute approximate surface area is 106 Å². The van der Waals surface area contributed by atoms with Crippen LogP contribution < -0.4 is 11.1 Å². The predicted octanol–water partition coefficient (Wildman–Crippen LogP) is 0.134. The van der Waals surface area contributed by atoms with E-state index in [0.29, 0.717) is 18.8 Å². The maximum Gasteiger partial charge on any atom is 0.230 e. The second-order valence-electron chi connectivity index (χ2n) is 3.80. The Morgan fingerprint density at radius 3 is 2.88 bits per heavy atom. The minimum atomic E-state index is -0.404. The number of carbonyl (C=O) groups excluding carboxylic acids is 1. The van der Waals surface area contributed by atoms with E-state index >= 15 is 0 Å². The fraction of sp³-hybridized carbons (Fsp3) is 0.600. The van der Waals surface area contributed by atoms with Gasteiger partial charge in [0.15, 0.2) is 5.82 Å². The Balaban J connectivity index is 2.50. The topological polar surface area (TPSA) is 85.8 Å². The normalized spacial score (nSPS) is 12.1. The molecule has 0 bridgehead atoms. The SMILES string of the molecule is CCCC(C(=O)NCc1ncn(C)n1)C(N)=S. The zero-order valence-electron chi connectivity index (χ0n) is 10.0. The smallest absolute Gasteiger partial charge is 0.230 e. The van der Waals surface area contributed by atoms with Crippen molar-refractivity contribution in [3.05, 3.63) is 12.2 Å². The van der Waals surface area contributed by atoms with E-state index in [4.69, 9.17) is 18.0 Å². The number of hydrogen-bond donors (Lipinski definition) is 2. The minimum Gasteiger partial charge on any atom is -0.393 e. The van der Waals surface area contributed by atoms with Gasteiger partial charge in [-0.3, -0.25) is 9.48 Å². The van der Waals surface area contributed by atoms with E-state index in [1.807, 2.05) is 6.92 Å². The first-order chi connectivity index (χ1) is 8.04. The van der Waals surface area contributed by atoms with E-state index in [0.717, 1.165) is 6.42 Å². The first kappa shape index (κ1) is 13.6. The summed E-state index contributed by atoms with van der Waals surface area (Å²) in [6.45, 7) is 2.28. The fourth-order valence-corrected chi connectivity index (χ4v) is 1.67. The van der Waals surface area contributed by atoms with Crippen molar-refractivity contribution in [2.75, 3.05) is 0 Å². The Morgan fingerprint density at radius 1 is 1.71 bits per heavy atom. The van der Waals surface area contributed by atoms with E-state index in [1.54, 1.807) is 18.1 Å². The van der Waals surface area contributed by atoms with Crippen LogP contribution in [-0.2, 0) is 18.4 Å². The number of aromatic nitrogens is 3. The predicted molar refractivity (Wildman–Crippen MR) is 68.0 cm³/mol. The van der Waals surface area contributed by atoms with Gasteiger partial charge >= 0.3 is 0 Å². The van der Waals surface area contributed by atoms with Crippen molar-refractivity contribution >= 4 is 23.1 Å². The van der Waals surface area contributed by atoms with Crippen LogP contribution in [-0.4, -0.2) is 25.7 Å². The van der Waals surface area contributed by atoms with Gasteiger partial charge in [0, 0.05) is 7.05 Å². The van der Waals surface area contributed by atoms with Gasteiger partial charge < -0.3 is 11.1 Å². The number of nitrogens with one attached hydrogen (secondary N) is 1. The molecule has 1 heterocycles. The first-order valence-electron chi connectivity index (χ1n) is 5.46. The summed E-state index contributed by atoms with van der Waals surface area (Å²) in [6, 6.07) is 0. The van der Waals surface area contributed by atoms with Crippen LogP contribution in [0.15, 0.2) is 6.33 Å².